The van der Waals surface area contributed by atoms with Gasteiger partial charge in [-0.05, 0) is 24.0 Å². The monoisotopic (exact) mass is 503 g/mol. The number of rotatable bonds is 6. The zero-order chi connectivity index (χ0) is 25.7. The molecule has 2 aliphatic heterocycles. The molecule has 2 bridgehead atoms. The van der Waals surface area contributed by atoms with E-state index in [0.717, 1.165) is 24.1 Å². The minimum absolute atomic E-state index is 0.0376. The third-order valence-corrected chi connectivity index (χ3v) is 7.30. The summed E-state index contributed by atoms with van der Waals surface area (Å²) >= 11 is 0. The van der Waals surface area contributed by atoms with Gasteiger partial charge in [0, 0.05) is 37.5 Å². The number of carbonyl (C=O) groups is 2. The van der Waals surface area contributed by atoms with E-state index in [0.29, 0.717) is 13.1 Å². The van der Waals surface area contributed by atoms with Crippen LogP contribution in [0.2, 0.25) is 0 Å². The second kappa shape index (κ2) is 8.69. The molecule has 1 spiro atoms. The lowest BCUT2D eigenvalue weighted by Crippen LogP contribution is -2.54. The maximum Gasteiger partial charge on any atom is 0.275 e. The molecule has 2 atom stereocenters. The summed E-state index contributed by atoms with van der Waals surface area (Å²) in [6, 6.07) is 12.2. The SMILES string of the molecule is O=C(NCc1ccc(F)cc1F)c1cn2c(c(OCc3ccccc3)c1=O)C(=O)N1CC3C=C[C@]1(C3)C2. The van der Waals surface area contributed by atoms with Gasteiger partial charge in [-0.2, -0.15) is 0 Å². The quantitative estimate of drug-likeness (QED) is 0.523. The molecule has 6 rings (SSSR count). The molecule has 2 aromatic carbocycles. The van der Waals surface area contributed by atoms with Gasteiger partial charge in [0.15, 0.2) is 11.4 Å². The van der Waals surface area contributed by atoms with Gasteiger partial charge in [-0.15, -0.1) is 0 Å². The molecule has 1 aromatic heterocycles. The second-order valence-electron chi connectivity index (χ2n) is 9.71. The second-order valence-corrected chi connectivity index (χ2v) is 9.71. The molecular weight excluding hydrogens is 480 g/mol. The third kappa shape index (κ3) is 3.91. The number of carbonyl (C=O) groups excluding carboxylic acids is 2. The van der Waals surface area contributed by atoms with Crippen LogP contribution in [0.4, 0.5) is 8.78 Å². The van der Waals surface area contributed by atoms with Gasteiger partial charge in [0.25, 0.3) is 11.8 Å². The van der Waals surface area contributed by atoms with Crippen LogP contribution in [0.3, 0.4) is 0 Å². The van der Waals surface area contributed by atoms with Crippen molar-refractivity contribution in [1.82, 2.24) is 14.8 Å². The molecule has 1 N–H and O–H groups in total. The molecule has 2 amide bonds. The van der Waals surface area contributed by atoms with E-state index in [1.807, 2.05) is 36.4 Å². The summed E-state index contributed by atoms with van der Waals surface area (Å²) in [7, 11) is 0. The van der Waals surface area contributed by atoms with Crippen LogP contribution in [-0.2, 0) is 19.7 Å². The lowest BCUT2D eigenvalue weighted by molar-refractivity contribution is 0.0545. The fourth-order valence-corrected chi connectivity index (χ4v) is 5.50. The van der Waals surface area contributed by atoms with Crippen molar-refractivity contribution in [3.63, 3.8) is 0 Å². The standard InChI is InChI=1S/C28H23F2N3O4/c29-20-7-6-19(22(30)10-20)12-31-26(35)21-14-32-16-28-9-8-18(11-28)13-33(28)27(36)23(32)25(24(21)34)37-15-17-4-2-1-3-5-17/h1-10,14,18H,11-13,15-16H2,(H,31,35)/t18?,28-/m0/s1. The first-order valence-electron chi connectivity index (χ1n) is 12.0. The minimum Gasteiger partial charge on any atom is -0.483 e. The molecule has 37 heavy (non-hydrogen) atoms. The number of pyridine rings is 1. The normalized spacial score (nSPS) is 21.1. The molecule has 3 aliphatic rings. The van der Waals surface area contributed by atoms with Crippen LogP contribution in [0.5, 0.6) is 5.75 Å². The van der Waals surface area contributed by atoms with E-state index in [2.05, 4.69) is 11.4 Å². The van der Waals surface area contributed by atoms with E-state index in [-0.39, 0.29) is 47.5 Å². The van der Waals surface area contributed by atoms with Crippen LogP contribution in [0, 0.1) is 17.6 Å². The van der Waals surface area contributed by atoms with Crippen LogP contribution >= 0.6 is 0 Å². The van der Waals surface area contributed by atoms with Gasteiger partial charge >= 0.3 is 0 Å². The van der Waals surface area contributed by atoms with Crippen LogP contribution < -0.4 is 15.5 Å². The number of fused-ring (bicyclic) bond motifs is 2. The minimum atomic E-state index is -0.803. The van der Waals surface area contributed by atoms with Gasteiger partial charge < -0.3 is 19.5 Å². The number of hydrogen-bond acceptors (Lipinski definition) is 4. The molecule has 0 radical (unpaired) electrons. The Balaban J connectivity index is 1.37. The molecular formula is C28H23F2N3O4. The summed E-state index contributed by atoms with van der Waals surface area (Å²) in [4.78, 5) is 42.0. The van der Waals surface area contributed by atoms with E-state index < -0.39 is 28.5 Å². The molecule has 9 heteroatoms. The number of ether oxygens (including phenoxy) is 1. The Morgan fingerprint density at radius 1 is 1.14 bits per heavy atom. The average molecular weight is 504 g/mol. The summed E-state index contributed by atoms with van der Waals surface area (Å²) in [6.45, 7) is 0.756. The third-order valence-electron chi connectivity index (χ3n) is 7.30. The van der Waals surface area contributed by atoms with Gasteiger partial charge in [-0.25, -0.2) is 8.78 Å². The zero-order valence-electron chi connectivity index (χ0n) is 19.7. The van der Waals surface area contributed by atoms with Gasteiger partial charge in [0.2, 0.25) is 5.43 Å². The maximum atomic E-state index is 14.1. The Labute approximate surface area is 211 Å². The summed E-state index contributed by atoms with van der Waals surface area (Å²) in [5, 5.41) is 2.53. The Kier molecular flexibility index (Phi) is 5.43. The Hall–Kier alpha value is -4.27. The van der Waals surface area contributed by atoms with Crippen molar-refractivity contribution in [1.29, 1.82) is 0 Å². The van der Waals surface area contributed by atoms with E-state index in [9.17, 15) is 23.2 Å². The molecule has 188 valence electrons. The van der Waals surface area contributed by atoms with Gasteiger partial charge in [-0.1, -0.05) is 48.6 Å². The first kappa shape index (κ1) is 23.1. The Morgan fingerprint density at radius 3 is 2.70 bits per heavy atom. The number of hydrogen-bond donors (Lipinski definition) is 1. The number of nitrogens with one attached hydrogen (secondary N) is 1. The average Bonchev–Trinajstić information content (AvgIpc) is 3.46. The molecule has 1 aliphatic carbocycles. The van der Waals surface area contributed by atoms with E-state index in [4.69, 9.17) is 4.74 Å². The van der Waals surface area contributed by atoms with Gasteiger partial charge in [0.1, 0.15) is 23.8 Å². The van der Waals surface area contributed by atoms with E-state index in [1.54, 1.807) is 9.47 Å². The fourth-order valence-electron chi connectivity index (χ4n) is 5.50. The topological polar surface area (TPSA) is 80.6 Å². The highest BCUT2D eigenvalue weighted by molar-refractivity contribution is 6.00. The molecule has 1 fully saturated rings. The van der Waals surface area contributed by atoms with E-state index in [1.165, 1.54) is 12.3 Å². The highest BCUT2D eigenvalue weighted by Gasteiger charge is 2.53. The Bertz CT molecular complexity index is 1520. The molecule has 7 nitrogen and oxygen atoms in total. The van der Waals surface area contributed by atoms with Crippen molar-refractivity contribution < 1.29 is 23.1 Å². The lowest BCUT2D eigenvalue weighted by atomic mass is 9.95. The summed E-state index contributed by atoms with van der Waals surface area (Å²) in [5.74, 6) is -2.51. The van der Waals surface area contributed by atoms with Gasteiger partial charge in [-0.3, -0.25) is 14.4 Å². The Morgan fingerprint density at radius 2 is 1.95 bits per heavy atom. The van der Waals surface area contributed by atoms with E-state index >= 15 is 0 Å². The summed E-state index contributed by atoms with van der Waals surface area (Å²) in [6.07, 6.45) is 6.30. The predicted molar refractivity (Wildman–Crippen MR) is 130 cm³/mol. The number of benzene rings is 2. The first-order valence-corrected chi connectivity index (χ1v) is 12.0. The van der Waals surface area contributed by atoms with Crippen LogP contribution in [-0.4, -0.2) is 33.4 Å². The van der Waals surface area contributed by atoms with Crippen molar-refractivity contribution in [2.45, 2.75) is 31.7 Å². The van der Waals surface area contributed by atoms with Crippen molar-refractivity contribution in [2.24, 2.45) is 5.92 Å². The molecule has 1 saturated heterocycles. The molecule has 3 aromatic rings. The van der Waals surface area contributed by atoms with Crippen LogP contribution in [0.25, 0.3) is 0 Å². The zero-order valence-corrected chi connectivity index (χ0v) is 19.7. The fraction of sp³-hybridized carbons (Fsp3) is 0.250. The highest BCUT2D eigenvalue weighted by Crippen LogP contribution is 2.46. The maximum absolute atomic E-state index is 14.1. The number of amides is 2. The number of nitrogens with zero attached hydrogens (tertiary/aromatic N) is 2. The van der Waals surface area contributed by atoms with Crippen molar-refractivity contribution >= 4 is 11.8 Å². The smallest absolute Gasteiger partial charge is 0.275 e. The van der Waals surface area contributed by atoms with Crippen molar-refractivity contribution in [3.8, 4) is 5.75 Å². The first-order chi connectivity index (χ1) is 17.8. The van der Waals surface area contributed by atoms with Crippen LogP contribution in [0.15, 0.2) is 71.7 Å². The predicted octanol–water partition coefficient (Wildman–Crippen LogP) is 3.42. The number of halogens is 2. The van der Waals surface area contributed by atoms with Crippen molar-refractivity contribution in [2.75, 3.05) is 6.54 Å². The molecule has 1 unspecified atom stereocenters. The lowest BCUT2D eigenvalue weighted by Gasteiger charge is -2.42. The summed E-state index contributed by atoms with van der Waals surface area (Å²) < 4.78 is 34.8. The summed E-state index contributed by atoms with van der Waals surface area (Å²) in [5.41, 5.74) is -0.442. The van der Waals surface area contributed by atoms with Gasteiger partial charge in [0.05, 0.1) is 5.54 Å². The molecule has 3 heterocycles. The van der Waals surface area contributed by atoms with Crippen LogP contribution in [0.1, 0.15) is 38.4 Å². The number of aromatic nitrogens is 1. The largest absolute Gasteiger partial charge is 0.483 e. The van der Waals surface area contributed by atoms with Crippen molar-refractivity contribution in [3.05, 3.63) is 111 Å². The molecule has 0 saturated carbocycles. The highest BCUT2D eigenvalue weighted by atomic mass is 19.1.